The Morgan fingerprint density at radius 1 is 0.867 bits per heavy atom. The number of amides is 1. The van der Waals surface area contributed by atoms with Crippen LogP contribution in [0.1, 0.15) is 28.7 Å². The van der Waals surface area contributed by atoms with Gasteiger partial charge in [-0.25, -0.2) is 0 Å². The Morgan fingerprint density at radius 2 is 1.43 bits per heavy atom. The van der Waals surface area contributed by atoms with E-state index in [1.165, 1.54) is 27.8 Å². The molecule has 3 aromatic rings. The summed E-state index contributed by atoms with van der Waals surface area (Å²) >= 11 is 0. The maximum atomic E-state index is 12.4. The molecule has 0 fully saturated rings. The van der Waals surface area contributed by atoms with Crippen molar-refractivity contribution >= 4 is 11.5 Å². The van der Waals surface area contributed by atoms with Crippen molar-refractivity contribution in [3.05, 3.63) is 107 Å². The number of benzene rings is 3. The smallest absolute Gasteiger partial charge is 0.260 e. The first kappa shape index (κ1) is 20.0. The van der Waals surface area contributed by atoms with Crippen molar-refractivity contribution in [2.45, 2.75) is 19.3 Å². The lowest BCUT2D eigenvalue weighted by atomic mass is 9.93. The molecule has 1 aliphatic carbocycles. The second-order valence-electron chi connectivity index (χ2n) is 7.64. The van der Waals surface area contributed by atoms with Gasteiger partial charge in [-0.2, -0.15) is 0 Å². The van der Waals surface area contributed by atoms with Crippen LogP contribution in [0.3, 0.4) is 0 Å². The molecule has 3 heteroatoms. The van der Waals surface area contributed by atoms with Gasteiger partial charge in [-0.05, 0) is 59.2 Å². The van der Waals surface area contributed by atoms with E-state index in [-0.39, 0.29) is 12.5 Å². The van der Waals surface area contributed by atoms with Crippen LogP contribution in [-0.2, 0) is 17.6 Å². The Morgan fingerprint density at radius 3 is 2.07 bits per heavy atom. The summed E-state index contributed by atoms with van der Waals surface area (Å²) in [5.41, 5.74) is 6.68. The molecule has 0 saturated heterocycles. The van der Waals surface area contributed by atoms with E-state index in [9.17, 15) is 4.79 Å². The minimum absolute atomic E-state index is 0.0149. The number of aryl methyl sites for hydroxylation is 2. The highest BCUT2D eigenvalue weighted by Gasteiger charge is 2.17. The molecule has 0 heterocycles. The first-order chi connectivity index (χ1) is 14.7. The summed E-state index contributed by atoms with van der Waals surface area (Å²) in [7, 11) is 1.84. The van der Waals surface area contributed by atoms with Gasteiger partial charge in [0.1, 0.15) is 5.75 Å². The molecular weight excluding hydrogens is 370 g/mol. The number of carbonyl (C=O) groups is 1. The first-order valence-corrected chi connectivity index (χ1v) is 10.5. The molecular formula is C27H27NO2. The molecule has 0 aliphatic heterocycles. The molecule has 4 rings (SSSR count). The molecule has 152 valence electrons. The molecule has 0 N–H and O–H groups in total. The highest BCUT2D eigenvalue weighted by molar-refractivity contribution is 5.84. The molecule has 3 aromatic carbocycles. The number of likely N-dealkylation sites (N-methyl/N-ethyl adjacent to an activating group) is 1. The van der Waals surface area contributed by atoms with Gasteiger partial charge in [0.05, 0.1) is 0 Å². The fourth-order valence-corrected chi connectivity index (χ4v) is 3.94. The molecule has 30 heavy (non-hydrogen) atoms. The lowest BCUT2D eigenvalue weighted by Gasteiger charge is -2.17. The van der Waals surface area contributed by atoms with Crippen LogP contribution in [0.15, 0.2) is 84.9 Å². The Balaban J connectivity index is 1.45. The van der Waals surface area contributed by atoms with Gasteiger partial charge in [0, 0.05) is 13.6 Å². The van der Waals surface area contributed by atoms with Gasteiger partial charge in [0.2, 0.25) is 0 Å². The van der Waals surface area contributed by atoms with Gasteiger partial charge in [-0.3, -0.25) is 4.79 Å². The predicted molar refractivity (Wildman–Crippen MR) is 122 cm³/mol. The maximum Gasteiger partial charge on any atom is 0.260 e. The van der Waals surface area contributed by atoms with E-state index >= 15 is 0 Å². The molecule has 0 atom stereocenters. The molecule has 1 aliphatic rings. The quantitative estimate of drug-likeness (QED) is 0.576. The molecule has 0 radical (unpaired) electrons. The zero-order valence-electron chi connectivity index (χ0n) is 17.4. The molecule has 0 unspecified atom stereocenters. The normalized spacial score (nSPS) is 12.4. The van der Waals surface area contributed by atoms with E-state index in [0.29, 0.717) is 12.3 Å². The van der Waals surface area contributed by atoms with Crippen LogP contribution >= 0.6 is 0 Å². The minimum Gasteiger partial charge on any atom is -0.484 e. The molecule has 0 spiro atoms. The topological polar surface area (TPSA) is 29.5 Å². The molecule has 0 saturated carbocycles. The molecule has 1 amide bonds. The SMILES string of the molecule is CN(CCC=C1c2ccccc2CCc2ccccc21)C(=O)COc1ccccc1. The average molecular weight is 398 g/mol. The minimum atomic E-state index is -0.0149. The van der Waals surface area contributed by atoms with E-state index in [1.807, 2.05) is 37.4 Å². The number of hydrogen-bond donors (Lipinski definition) is 0. The molecule has 0 aromatic heterocycles. The van der Waals surface area contributed by atoms with Gasteiger partial charge in [0.15, 0.2) is 6.61 Å². The number of carbonyl (C=O) groups excluding carboxylic acids is 1. The first-order valence-electron chi connectivity index (χ1n) is 10.5. The number of hydrogen-bond acceptors (Lipinski definition) is 2. The van der Waals surface area contributed by atoms with Gasteiger partial charge in [-0.15, -0.1) is 0 Å². The highest BCUT2D eigenvalue weighted by Crippen LogP contribution is 2.33. The van der Waals surface area contributed by atoms with Gasteiger partial charge >= 0.3 is 0 Å². The van der Waals surface area contributed by atoms with Crippen LogP contribution in [-0.4, -0.2) is 31.0 Å². The van der Waals surface area contributed by atoms with E-state index in [4.69, 9.17) is 4.74 Å². The van der Waals surface area contributed by atoms with Crippen molar-refractivity contribution in [2.75, 3.05) is 20.2 Å². The van der Waals surface area contributed by atoms with Crippen molar-refractivity contribution in [1.29, 1.82) is 0 Å². The number of rotatable bonds is 6. The standard InChI is InChI=1S/C27H27NO2/c1-28(27(29)20-30-23-12-3-2-4-13-23)19-9-16-26-24-14-7-5-10-21(24)17-18-22-11-6-8-15-25(22)26/h2-8,10-16H,9,17-20H2,1H3. The van der Waals surface area contributed by atoms with E-state index < -0.39 is 0 Å². The average Bonchev–Trinajstić information content (AvgIpc) is 2.95. The van der Waals surface area contributed by atoms with Gasteiger partial charge < -0.3 is 9.64 Å². The Hall–Kier alpha value is -3.33. The van der Waals surface area contributed by atoms with Gasteiger partial charge in [0.25, 0.3) is 5.91 Å². The summed E-state index contributed by atoms with van der Waals surface area (Å²) < 4.78 is 5.59. The lowest BCUT2D eigenvalue weighted by Crippen LogP contribution is -2.32. The van der Waals surface area contributed by atoms with Gasteiger partial charge in [-0.1, -0.05) is 72.8 Å². The monoisotopic (exact) mass is 397 g/mol. The van der Waals surface area contributed by atoms with Crippen LogP contribution < -0.4 is 4.74 Å². The summed E-state index contributed by atoms with van der Waals surface area (Å²) in [5.74, 6) is 0.701. The second kappa shape index (κ2) is 9.45. The Kier molecular flexibility index (Phi) is 6.29. The zero-order chi connectivity index (χ0) is 20.8. The fraction of sp³-hybridized carbons (Fsp3) is 0.222. The van der Waals surface area contributed by atoms with Crippen molar-refractivity contribution in [2.24, 2.45) is 0 Å². The summed E-state index contributed by atoms with van der Waals surface area (Å²) in [4.78, 5) is 14.2. The number of para-hydroxylation sites is 1. The fourth-order valence-electron chi connectivity index (χ4n) is 3.94. The maximum absolute atomic E-state index is 12.4. The Labute approximate surface area is 178 Å². The van der Waals surface area contributed by atoms with Crippen molar-refractivity contribution in [1.82, 2.24) is 4.90 Å². The third-order valence-electron chi connectivity index (χ3n) is 5.62. The number of nitrogens with zero attached hydrogens (tertiary/aromatic N) is 1. The number of ether oxygens (including phenoxy) is 1. The van der Waals surface area contributed by atoms with E-state index in [0.717, 1.165) is 19.3 Å². The van der Waals surface area contributed by atoms with Crippen LogP contribution in [0.5, 0.6) is 5.75 Å². The third kappa shape index (κ3) is 4.62. The summed E-state index contributed by atoms with van der Waals surface area (Å²) in [5, 5.41) is 0. The van der Waals surface area contributed by atoms with Crippen molar-refractivity contribution < 1.29 is 9.53 Å². The van der Waals surface area contributed by atoms with E-state index in [2.05, 4.69) is 54.6 Å². The zero-order valence-corrected chi connectivity index (χ0v) is 17.4. The summed E-state index contributed by atoms with van der Waals surface area (Å²) in [6.07, 6.45) is 5.19. The number of fused-ring (bicyclic) bond motifs is 2. The highest BCUT2D eigenvalue weighted by atomic mass is 16.5. The molecule has 0 bridgehead atoms. The predicted octanol–water partition coefficient (Wildman–Crippen LogP) is 5.14. The second-order valence-corrected chi connectivity index (χ2v) is 7.64. The largest absolute Gasteiger partial charge is 0.484 e. The van der Waals surface area contributed by atoms with Crippen LogP contribution in [0.2, 0.25) is 0 Å². The Bertz CT molecular complexity index is 990. The van der Waals surface area contributed by atoms with Crippen LogP contribution in [0.25, 0.3) is 5.57 Å². The van der Waals surface area contributed by atoms with Crippen LogP contribution in [0, 0.1) is 0 Å². The van der Waals surface area contributed by atoms with Crippen LogP contribution in [0.4, 0.5) is 0 Å². The van der Waals surface area contributed by atoms with Crippen molar-refractivity contribution in [3.63, 3.8) is 0 Å². The lowest BCUT2D eigenvalue weighted by molar-refractivity contribution is -0.132. The van der Waals surface area contributed by atoms with E-state index in [1.54, 1.807) is 4.90 Å². The summed E-state index contributed by atoms with van der Waals surface area (Å²) in [6.45, 7) is 0.716. The third-order valence-corrected chi connectivity index (χ3v) is 5.62. The summed E-state index contributed by atoms with van der Waals surface area (Å²) in [6, 6.07) is 26.8. The molecule has 3 nitrogen and oxygen atoms in total. The van der Waals surface area contributed by atoms with Crippen molar-refractivity contribution in [3.8, 4) is 5.75 Å².